The van der Waals surface area contributed by atoms with Crippen LogP contribution in [-0.2, 0) is 23.0 Å². The molecule has 5 nitrogen and oxygen atoms in total. The molecule has 6 heteroatoms. The summed E-state index contributed by atoms with van der Waals surface area (Å²) in [5, 5.41) is 3.04. The molecule has 0 unspecified atom stereocenters. The van der Waals surface area contributed by atoms with E-state index in [1.54, 1.807) is 12.3 Å². The Morgan fingerprint density at radius 2 is 2.00 bits per heavy atom. The van der Waals surface area contributed by atoms with Crippen LogP contribution in [-0.4, -0.2) is 26.2 Å². The molecule has 1 aromatic heterocycles. The zero-order valence-electron chi connectivity index (χ0n) is 11.9. The molecule has 112 valence electrons. The third-order valence-electron chi connectivity index (χ3n) is 2.93. The smallest absolute Gasteiger partial charge is 0.233 e. The Bertz CT molecular complexity index is 672. The van der Waals surface area contributed by atoms with Gasteiger partial charge in [-0.25, -0.2) is 8.42 Å². The highest BCUT2D eigenvalue weighted by Crippen LogP contribution is 2.13. The zero-order chi connectivity index (χ0) is 15.1. The molecule has 0 spiro atoms. The maximum atomic E-state index is 12.1. The number of aromatic nitrogens is 1. The molecule has 0 radical (unpaired) electrons. The fraction of sp³-hybridized carbons (Fsp3) is 0.267. The molecule has 2 N–H and O–H groups in total. The van der Waals surface area contributed by atoms with Crippen molar-refractivity contribution in [2.75, 3.05) is 17.5 Å². The van der Waals surface area contributed by atoms with Crippen LogP contribution in [0.25, 0.3) is 0 Å². The zero-order valence-corrected chi connectivity index (χ0v) is 12.7. The monoisotopic (exact) mass is 305 g/mol. The van der Waals surface area contributed by atoms with E-state index < -0.39 is 10.0 Å². The number of nitrogens with one attached hydrogen (secondary N) is 2. The van der Waals surface area contributed by atoms with E-state index in [4.69, 9.17) is 0 Å². The predicted octanol–water partition coefficient (Wildman–Crippen LogP) is 1.79. The van der Waals surface area contributed by atoms with Crippen LogP contribution in [0.1, 0.15) is 11.3 Å². The summed E-state index contributed by atoms with van der Waals surface area (Å²) in [6.07, 6.45) is 2.06. The van der Waals surface area contributed by atoms with Gasteiger partial charge in [0, 0.05) is 30.5 Å². The Labute approximate surface area is 125 Å². The van der Waals surface area contributed by atoms with Crippen molar-refractivity contribution in [3.63, 3.8) is 0 Å². The van der Waals surface area contributed by atoms with Crippen molar-refractivity contribution in [1.29, 1.82) is 0 Å². The van der Waals surface area contributed by atoms with Crippen LogP contribution in [0.3, 0.4) is 0 Å². The van der Waals surface area contributed by atoms with Crippen LogP contribution in [0.15, 0.2) is 48.7 Å². The largest absolute Gasteiger partial charge is 0.316 e. The lowest BCUT2D eigenvalue weighted by Crippen LogP contribution is -2.18. The fourth-order valence-corrected chi connectivity index (χ4v) is 3.03. The second-order valence-electron chi connectivity index (χ2n) is 4.72. The Kier molecular flexibility index (Phi) is 5.30. The van der Waals surface area contributed by atoms with Crippen molar-refractivity contribution in [3.8, 4) is 0 Å². The molecule has 2 aromatic rings. The molecule has 0 amide bonds. The Balaban J connectivity index is 1.99. The van der Waals surface area contributed by atoms with Crippen LogP contribution in [0, 0.1) is 0 Å². The van der Waals surface area contributed by atoms with Gasteiger partial charge >= 0.3 is 0 Å². The lowest BCUT2D eigenvalue weighted by atomic mass is 10.2. The van der Waals surface area contributed by atoms with E-state index in [2.05, 4.69) is 15.0 Å². The first-order valence-electron chi connectivity index (χ1n) is 6.73. The number of benzene rings is 1. The molecule has 0 aliphatic rings. The molecule has 0 fully saturated rings. The van der Waals surface area contributed by atoms with E-state index in [1.165, 1.54) is 0 Å². The first-order chi connectivity index (χ1) is 10.1. The maximum absolute atomic E-state index is 12.1. The van der Waals surface area contributed by atoms with Crippen molar-refractivity contribution >= 4 is 15.7 Å². The molecule has 0 saturated carbocycles. The van der Waals surface area contributed by atoms with Gasteiger partial charge in [-0.2, -0.15) is 0 Å². The van der Waals surface area contributed by atoms with Gasteiger partial charge in [0.1, 0.15) is 0 Å². The SMILES string of the molecule is CNCc1cccc(NS(=O)(=O)CCc2ccccn2)c1. The van der Waals surface area contributed by atoms with Gasteiger partial charge in [-0.05, 0) is 36.9 Å². The predicted molar refractivity (Wildman–Crippen MR) is 84.6 cm³/mol. The Hall–Kier alpha value is -1.92. The van der Waals surface area contributed by atoms with Crippen molar-refractivity contribution < 1.29 is 8.42 Å². The topological polar surface area (TPSA) is 71.1 Å². The fourth-order valence-electron chi connectivity index (χ4n) is 1.96. The number of pyridine rings is 1. The third-order valence-corrected chi connectivity index (χ3v) is 4.22. The second kappa shape index (κ2) is 7.19. The lowest BCUT2D eigenvalue weighted by molar-refractivity contribution is 0.600. The van der Waals surface area contributed by atoms with Gasteiger partial charge in [-0.3, -0.25) is 9.71 Å². The van der Waals surface area contributed by atoms with E-state index >= 15 is 0 Å². The first kappa shape index (κ1) is 15.5. The molecule has 0 bridgehead atoms. The van der Waals surface area contributed by atoms with E-state index in [9.17, 15) is 8.42 Å². The summed E-state index contributed by atoms with van der Waals surface area (Å²) >= 11 is 0. The van der Waals surface area contributed by atoms with Crippen LogP contribution in [0.4, 0.5) is 5.69 Å². The average molecular weight is 305 g/mol. The molecular formula is C15H19N3O2S. The van der Waals surface area contributed by atoms with Gasteiger partial charge < -0.3 is 5.32 Å². The van der Waals surface area contributed by atoms with Gasteiger partial charge in [0.15, 0.2) is 0 Å². The number of anilines is 1. The van der Waals surface area contributed by atoms with Crippen LogP contribution >= 0.6 is 0 Å². The number of hydrogen-bond acceptors (Lipinski definition) is 4. The minimum atomic E-state index is -3.37. The first-order valence-corrected chi connectivity index (χ1v) is 8.38. The Morgan fingerprint density at radius 1 is 1.14 bits per heavy atom. The average Bonchev–Trinajstić information content (AvgIpc) is 2.47. The van der Waals surface area contributed by atoms with E-state index in [0.29, 0.717) is 18.7 Å². The summed E-state index contributed by atoms with van der Waals surface area (Å²) in [6, 6.07) is 12.8. The highest BCUT2D eigenvalue weighted by atomic mass is 32.2. The quantitative estimate of drug-likeness (QED) is 0.818. The van der Waals surface area contributed by atoms with Gasteiger partial charge in [0.25, 0.3) is 0 Å². The normalized spacial score (nSPS) is 11.3. The standard InChI is InChI=1S/C15H19N3O2S/c1-16-12-13-5-4-7-15(11-13)18-21(19,20)10-8-14-6-2-3-9-17-14/h2-7,9,11,16,18H,8,10,12H2,1H3. The second-order valence-corrected chi connectivity index (χ2v) is 6.56. The third kappa shape index (κ3) is 5.17. The number of rotatable bonds is 7. The van der Waals surface area contributed by atoms with Crippen molar-refractivity contribution in [1.82, 2.24) is 10.3 Å². The number of sulfonamides is 1. The molecule has 1 heterocycles. The summed E-state index contributed by atoms with van der Waals surface area (Å²) in [6.45, 7) is 0.698. The Morgan fingerprint density at radius 3 is 2.71 bits per heavy atom. The highest BCUT2D eigenvalue weighted by Gasteiger charge is 2.11. The summed E-state index contributed by atoms with van der Waals surface area (Å²) in [7, 11) is -1.52. The van der Waals surface area contributed by atoms with Gasteiger partial charge in [-0.15, -0.1) is 0 Å². The molecule has 0 saturated heterocycles. The van der Waals surface area contributed by atoms with Crippen molar-refractivity contribution in [2.45, 2.75) is 13.0 Å². The molecule has 0 atom stereocenters. The molecule has 0 aliphatic carbocycles. The van der Waals surface area contributed by atoms with Crippen molar-refractivity contribution in [2.24, 2.45) is 0 Å². The number of nitrogens with zero attached hydrogens (tertiary/aromatic N) is 1. The minimum absolute atomic E-state index is 0.0142. The van der Waals surface area contributed by atoms with E-state index in [1.807, 2.05) is 43.4 Å². The van der Waals surface area contributed by atoms with Gasteiger partial charge in [-0.1, -0.05) is 18.2 Å². The molecule has 1 aromatic carbocycles. The van der Waals surface area contributed by atoms with Crippen molar-refractivity contribution in [3.05, 3.63) is 59.9 Å². The summed E-state index contributed by atoms with van der Waals surface area (Å²) < 4.78 is 26.8. The minimum Gasteiger partial charge on any atom is -0.316 e. The van der Waals surface area contributed by atoms with Crippen LogP contribution in [0.2, 0.25) is 0 Å². The van der Waals surface area contributed by atoms with Crippen LogP contribution in [0.5, 0.6) is 0 Å². The molecule has 2 rings (SSSR count). The molecule has 21 heavy (non-hydrogen) atoms. The van der Waals surface area contributed by atoms with E-state index in [-0.39, 0.29) is 5.75 Å². The van der Waals surface area contributed by atoms with Gasteiger partial charge in [0.2, 0.25) is 10.0 Å². The number of aryl methyl sites for hydroxylation is 1. The molecule has 0 aliphatic heterocycles. The van der Waals surface area contributed by atoms with E-state index in [0.717, 1.165) is 11.3 Å². The van der Waals surface area contributed by atoms with Gasteiger partial charge in [0.05, 0.1) is 5.75 Å². The summed E-state index contributed by atoms with van der Waals surface area (Å²) in [5.41, 5.74) is 2.39. The molecular weight excluding hydrogens is 286 g/mol. The summed E-state index contributed by atoms with van der Waals surface area (Å²) in [4.78, 5) is 4.13. The summed E-state index contributed by atoms with van der Waals surface area (Å²) in [5.74, 6) is 0.0142. The highest BCUT2D eigenvalue weighted by molar-refractivity contribution is 7.92. The van der Waals surface area contributed by atoms with Crippen LogP contribution < -0.4 is 10.0 Å². The maximum Gasteiger partial charge on any atom is 0.233 e. The number of hydrogen-bond donors (Lipinski definition) is 2. The lowest BCUT2D eigenvalue weighted by Gasteiger charge is -2.09.